The molecular formula is C23H17BrF10N2O4. The number of halogens is 11. The van der Waals surface area contributed by atoms with Crippen LogP contribution in [0.25, 0.3) is 0 Å². The zero-order valence-electron chi connectivity index (χ0n) is 20.1. The Morgan fingerprint density at radius 3 is 2.10 bits per heavy atom. The number of ketones is 1. The minimum absolute atomic E-state index is 0.0732. The number of ether oxygens (including phenoxy) is 1. The van der Waals surface area contributed by atoms with Gasteiger partial charge in [0.1, 0.15) is 5.82 Å². The maximum atomic E-state index is 15.0. The molecule has 2 aromatic carbocycles. The van der Waals surface area contributed by atoms with E-state index in [1.165, 1.54) is 7.05 Å². The summed E-state index contributed by atoms with van der Waals surface area (Å²) in [5, 5.41) is 1.80. The predicted octanol–water partition coefficient (Wildman–Crippen LogP) is 6.32. The maximum absolute atomic E-state index is 15.0. The summed E-state index contributed by atoms with van der Waals surface area (Å²) in [6, 6.07) is 2.56. The topological polar surface area (TPSA) is 75.7 Å². The van der Waals surface area contributed by atoms with Crippen molar-refractivity contribution in [2.45, 2.75) is 38.0 Å². The van der Waals surface area contributed by atoms with Crippen LogP contribution in [0.5, 0.6) is 5.75 Å². The molecule has 0 saturated heterocycles. The molecule has 0 aromatic heterocycles. The molecule has 17 heteroatoms. The van der Waals surface area contributed by atoms with Crippen LogP contribution in [0.3, 0.4) is 0 Å². The molecule has 1 N–H and O–H groups in total. The number of amides is 2. The summed E-state index contributed by atoms with van der Waals surface area (Å²) in [6.45, 7) is -2.15. The fourth-order valence-corrected chi connectivity index (χ4v) is 3.80. The first-order chi connectivity index (χ1) is 18.3. The lowest BCUT2D eigenvalue weighted by atomic mass is 9.93. The van der Waals surface area contributed by atoms with Gasteiger partial charge in [-0.1, -0.05) is 12.1 Å². The van der Waals surface area contributed by atoms with Crippen LogP contribution in [-0.2, 0) is 21.7 Å². The van der Waals surface area contributed by atoms with Crippen molar-refractivity contribution in [1.29, 1.82) is 0 Å². The molecule has 220 valence electrons. The normalized spacial score (nSPS) is 12.3. The van der Waals surface area contributed by atoms with Gasteiger partial charge in [0, 0.05) is 30.0 Å². The summed E-state index contributed by atoms with van der Waals surface area (Å²) in [5.41, 5.74) is -10.5. The van der Waals surface area contributed by atoms with Gasteiger partial charge in [-0.25, -0.2) is 8.78 Å². The second kappa shape index (κ2) is 12.0. The number of carbonyl (C=O) groups is 3. The zero-order valence-corrected chi connectivity index (χ0v) is 21.7. The fraction of sp³-hybridized carbons (Fsp3) is 0.348. The van der Waals surface area contributed by atoms with Crippen LogP contribution in [0.1, 0.15) is 28.4 Å². The largest absolute Gasteiger partial charge is 0.435 e. The predicted molar refractivity (Wildman–Crippen MR) is 122 cm³/mol. The number of benzene rings is 2. The number of alkyl halides is 9. The highest BCUT2D eigenvalue weighted by Gasteiger charge is 2.73. The molecule has 0 fully saturated rings. The van der Waals surface area contributed by atoms with Crippen molar-refractivity contribution in [1.82, 2.24) is 4.90 Å². The summed E-state index contributed by atoms with van der Waals surface area (Å²) in [6.07, 6.45) is -14.0. The van der Waals surface area contributed by atoms with Crippen LogP contribution >= 0.6 is 15.9 Å². The van der Waals surface area contributed by atoms with E-state index in [-0.39, 0.29) is 18.7 Å². The van der Waals surface area contributed by atoms with E-state index in [4.69, 9.17) is 0 Å². The van der Waals surface area contributed by atoms with E-state index in [2.05, 4.69) is 20.7 Å². The average Bonchev–Trinajstić information content (AvgIpc) is 2.83. The molecule has 2 aromatic rings. The van der Waals surface area contributed by atoms with Crippen LogP contribution in [0.4, 0.5) is 49.6 Å². The quantitative estimate of drug-likeness (QED) is 0.254. The lowest BCUT2D eigenvalue weighted by Gasteiger charge is -2.31. The number of nitrogens with one attached hydrogen (secondary N) is 1. The van der Waals surface area contributed by atoms with Gasteiger partial charge >= 0.3 is 24.6 Å². The van der Waals surface area contributed by atoms with E-state index in [1.807, 2.05) is 0 Å². The summed E-state index contributed by atoms with van der Waals surface area (Å²) < 4.78 is 137. The highest BCUT2D eigenvalue weighted by molar-refractivity contribution is 9.10. The number of hydrogen-bond donors (Lipinski definition) is 1. The van der Waals surface area contributed by atoms with Crippen LogP contribution in [-0.4, -0.2) is 55.1 Å². The van der Waals surface area contributed by atoms with Gasteiger partial charge in [-0.05, 0) is 46.6 Å². The minimum atomic E-state index is -6.59. The first kappa shape index (κ1) is 32.8. The van der Waals surface area contributed by atoms with Gasteiger partial charge in [-0.15, -0.1) is 0 Å². The Hall–Kier alpha value is -3.37. The van der Waals surface area contributed by atoms with Gasteiger partial charge in [0.15, 0.2) is 5.75 Å². The second-order valence-corrected chi connectivity index (χ2v) is 8.87. The van der Waals surface area contributed by atoms with Crippen molar-refractivity contribution in [3.63, 3.8) is 0 Å². The third kappa shape index (κ3) is 6.67. The van der Waals surface area contributed by atoms with E-state index < -0.39 is 87.1 Å². The number of anilines is 1. The molecule has 0 heterocycles. The Bertz CT molecular complexity index is 1280. The number of hydrogen-bond acceptors (Lipinski definition) is 4. The molecule has 0 saturated carbocycles. The molecule has 2 rings (SSSR count). The molecule has 0 aliphatic rings. The standard InChI is InChI=1S/C23H17BrF10N2O4/c1-3-36(2)19(39)14(37)7-10-5-4-6-12(16(10)25)18(38)35-17-13(24)8-11(9-15(17)40-20(26)27)21(28,22(29,30)31)23(32,33)34/h4-6,8-9,20H,3,7H2,1-2H3,(H,35,38). The monoisotopic (exact) mass is 654 g/mol. The van der Waals surface area contributed by atoms with Crippen molar-refractivity contribution >= 4 is 39.2 Å². The molecule has 0 radical (unpaired) electrons. The molecule has 0 unspecified atom stereocenters. The van der Waals surface area contributed by atoms with Crippen LogP contribution in [0.15, 0.2) is 34.8 Å². The molecule has 40 heavy (non-hydrogen) atoms. The summed E-state index contributed by atoms with van der Waals surface area (Å²) >= 11 is 2.50. The summed E-state index contributed by atoms with van der Waals surface area (Å²) in [5.74, 6) is -6.36. The van der Waals surface area contributed by atoms with Crippen molar-refractivity contribution in [3.8, 4) is 5.75 Å². The maximum Gasteiger partial charge on any atom is 0.435 e. The average molecular weight is 655 g/mol. The lowest BCUT2D eigenvalue weighted by molar-refractivity contribution is -0.348. The second-order valence-electron chi connectivity index (χ2n) is 8.02. The van der Waals surface area contributed by atoms with Gasteiger partial charge in [0.2, 0.25) is 5.78 Å². The van der Waals surface area contributed by atoms with E-state index >= 15 is 4.39 Å². The van der Waals surface area contributed by atoms with Crippen molar-refractivity contribution in [2.24, 2.45) is 0 Å². The zero-order chi connectivity index (χ0) is 30.8. The van der Waals surface area contributed by atoms with Crippen molar-refractivity contribution in [2.75, 3.05) is 18.9 Å². The van der Waals surface area contributed by atoms with E-state index in [9.17, 15) is 53.9 Å². The van der Waals surface area contributed by atoms with Gasteiger partial charge in [-0.3, -0.25) is 14.4 Å². The smallest absolute Gasteiger partial charge is 0.433 e. The van der Waals surface area contributed by atoms with Crippen LogP contribution in [0, 0.1) is 5.82 Å². The fourth-order valence-electron chi connectivity index (χ4n) is 3.26. The number of carbonyl (C=O) groups excluding carboxylic acids is 3. The SMILES string of the molecule is CCN(C)C(=O)C(=O)Cc1cccc(C(=O)Nc2c(Br)cc(C(F)(C(F)(F)F)C(F)(F)F)cc2OC(F)F)c1F. The Kier molecular flexibility index (Phi) is 9.87. The molecule has 0 bridgehead atoms. The first-order valence-corrected chi connectivity index (χ1v) is 11.5. The van der Waals surface area contributed by atoms with Crippen molar-refractivity contribution in [3.05, 3.63) is 57.3 Å². The van der Waals surface area contributed by atoms with E-state index in [1.54, 1.807) is 12.2 Å². The number of nitrogens with zero attached hydrogens (tertiary/aromatic N) is 1. The highest BCUT2D eigenvalue weighted by atomic mass is 79.9. The summed E-state index contributed by atoms with van der Waals surface area (Å²) in [7, 11) is 1.30. The Morgan fingerprint density at radius 1 is 1.02 bits per heavy atom. The van der Waals surface area contributed by atoms with Gasteiger partial charge in [-0.2, -0.15) is 35.1 Å². The molecule has 2 amide bonds. The van der Waals surface area contributed by atoms with Crippen LogP contribution < -0.4 is 10.1 Å². The molecule has 0 aliphatic heterocycles. The highest BCUT2D eigenvalue weighted by Crippen LogP contribution is 2.55. The third-order valence-corrected chi connectivity index (χ3v) is 6.05. The van der Waals surface area contributed by atoms with Crippen molar-refractivity contribution < 1.29 is 63.0 Å². The third-order valence-electron chi connectivity index (χ3n) is 5.42. The van der Waals surface area contributed by atoms with Gasteiger partial charge < -0.3 is 15.0 Å². The number of likely N-dealkylation sites (N-methyl/N-ethyl adjacent to an activating group) is 1. The minimum Gasteiger partial charge on any atom is -0.433 e. The van der Waals surface area contributed by atoms with Gasteiger partial charge in [0.25, 0.3) is 11.8 Å². The number of rotatable bonds is 9. The van der Waals surface area contributed by atoms with E-state index in [0.29, 0.717) is 0 Å². The number of Topliss-reactive ketones (excluding diaryl/α,β-unsaturated/α-hetero) is 1. The molecule has 0 atom stereocenters. The lowest BCUT2D eigenvalue weighted by Crippen LogP contribution is -2.50. The molecular weight excluding hydrogens is 638 g/mol. The Morgan fingerprint density at radius 2 is 1.60 bits per heavy atom. The molecule has 6 nitrogen and oxygen atoms in total. The molecule has 0 spiro atoms. The first-order valence-electron chi connectivity index (χ1n) is 10.7. The Labute approximate surface area is 227 Å². The summed E-state index contributed by atoms with van der Waals surface area (Å²) in [4.78, 5) is 37.9. The van der Waals surface area contributed by atoms with Crippen LogP contribution in [0.2, 0.25) is 0 Å². The van der Waals surface area contributed by atoms with E-state index in [0.717, 1.165) is 23.1 Å². The Balaban J connectivity index is 2.55. The molecule has 0 aliphatic carbocycles. The van der Waals surface area contributed by atoms with Gasteiger partial charge in [0.05, 0.1) is 11.3 Å².